The third-order valence-corrected chi connectivity index (χ3v) is 2.74. The van der Waals surface area contributed by atoms with E-state index >= 15 is 0 Å². The fourth-order valence-corrected chi connectivity index (χ4v) is 1.95. The van der Waals surface area contributed by atoms with E-state index in [1.807, 2.05) is 0 Å². The molecule has 2 unspecified atom stereocenters. The first-order valence-corrected chi connectivity index (χ1v) is 5.02. The smallest absolute Gasteiger partial charge is 0.0638 e. The van der Waals surface area contributed by atoms with Crippen LogP contribution in [0.15, 0.2) is 24.3 Å². The number of nitrogens with zero attached hydrogens (tertiary/aromatic N) is 1. The van der Waals surface area contributed by atoms with E-state index in [4.69, 9.17) is 5.26 Å². The minimum atomic E-state index is 0.290. The van der Waals surface area contributed by atoms with Gasteiger partial charge in [0.25, 0.3) is 0 Å². The van der Waals surface area contributed by atoms with Gasteiger partial charge in [0.1, 0.15) is 0 Å². The molecular weight excluding hydrogens is 172 g/mol. The molecule has 0 bridgehead atoms. The Labute approximate surface area is 84.6 Å². The van der Waals surface area contributed by atoms with Gasteiger partial charge in [-0.1, -0.05) is 24.3 Å². The van der Waals surface area contributed by atoms with Crippen molar-refractivity contribution in [3.63, 3.8) is 0 Å². The second-order valence-electron chi connectivity index (χ2n) is 3.89. The fourth-order valence-electron chi connectivity index (χ4n) is 1.95. The summed E-state index contributed by atoms with van der Waals surface area (Å²) in [4.78, 5) is 0. The zero-order chi connectivity index (χ0) is 9.97. The van der Waals surface area contributed by atoms with Gasteiger partial charge in [0.2, 0.25) is 0 Å². The van der Waals surface area contributed by atoms with E-state index in [1.54, 1.807) is 0 Å². The van der Waals surface area contributed by atoms with Crippen LogP contribution in [-0.2, 0) is 6.42 Å². The second kappa shape index (κ2) is 3.81. The molecule has 0 heterocycles. The second-order valence-corrected chi connectivity index (χ2v) is 3.89. The van der Waals surface area contributed by atoms with Gasteiger partial charge < -0.3 is 5.32 Å². The summed E-state index contributed by atoms with van der Waals surface area (Å²) < 4.78 is 0. The molecular formula is C12H14N2. The zero-order valence-electron chi connectivity index (χ0n) is 8.33. The molecule has 2 rings (SSSR count). The van der Waals surface area contributed by atoms with Crippen LogP contribution in [0.25, 0.3) is 0 Å². The van der Waals surface area contributed by atoms with Gasteiger partial charge in [0, 0.05) is 12.1 Å². The van der Waals surface area contributed by atoms with Gasteiger partial charge >= 0.3 is 0 Å². The highest BCUT2D eigenvalue weighted by atomic mass is 15.0. The van der Waals surface area contributed by atoms with Crippen molar-refractivity contribution in [1.82, 2.24) is 5.32 Å². The third-order valence-electron chi connectivity index (χ3n) is 2.74. The Morgan fingerprint density at radius 1 is 1.57 bits per heavy atom. The lowest BCUT2D eigenvalue weighted by molar-refractivity contribution is 0.423. The molecule has 0 amide bonds. The van der Waals surface area contributed by atoms with Gasteiger partial charge in [-0.25, -0.2) is 0 Å². The van der Waals surface area contributed by atoms with Crippen LogP contribution in [0.2, 0.25) is 0 Å². The number of nitrogens with one attached hydrogen (secondary N) is 1. The van der Waals surface area contributed by atoms with Crippen LogP contribution in [0.5, 0.6) is 0 Å². The number of nitriles is 1. The number of fused-ring (bicyclic) bond motifs is 1. The molecule has 1 aromatic rings. The number of hydrogen-bond acceptors (Lipinski definition) is 2. The Kier molecular flexibility index (Phi) is 2.51. The van der Waals surface area contributed by atoms with Gasteiger partial charge in [-0.15, -0.1) is 0 Å². The van der Waals surface area contributed by atoms with Gasteiger partial charge in [0.05, 0.1) is 12.5 Å². The SMILES string of the molecule is CC(CC#N)NC1Cc2ccccc21. The molecule has 0 aliphatic heterocycles. The van der Waals surface area contributed by atoms with Crippen molar-refractivity contribution in [3.8, 4) is 6.07 Å². The predicted octanol–water partition coefficient (Wildman–Crippen LogP) is 2.18. The van der Waals surface area contributed by atoms with E-state index in [2.05, 4.69) is 42.6 Å². The average Bonchev–Trinajstić information content (AvgIpc) is 2.15. The molecule has 0 spiro atoms. The molecule has 0 saturated heterocycles. The van der Waals surface area contributed by atoms with E-state index in [-0.39, 0.29) is 0 Å². The molecule has 1 aliphatic rings. The number of hydrogen-bond donors (Lipinski definition) is 1. The van der Waals surface area contributed by atoms with Crippen molar-refractivity contribution in [2.75, 3.05) is 0 Å². The average molecular weight is 186 g/mol. The normalized spacial score (nSPS) is 20.4. The lowest BCUT2D eigenvalue weighted by atomic mass is 9.83. The Hall–Kier alpha value is -1.33. The minimum Gasteiger partial charge on any atom is -0.306 e. The van der Waals surface area contributed by atoms with E-state index in [9.17, 15) is 0 Å². The van der Waals surface area contributed by atoms with E-state index in [0.717, 1.165) is 6.42 Å². The van der Waals surface area contributed by atoms with Crippen LogP contribution >= 0.6 is 0 Å². The molecule has 14 heavy (non-hydrogen) atoms. The first-order valence-electron chi connectivity index (χ1n) is 5.02. The zero-order valence-corrected chi connectivity index (χ0v) is 8.33. The topological polar surface area (TPSA) is 35.8 Å². The lowest BCUT2D eigenvalue weighted by Gasteiger charge is -2.32. The predicted molar refractivity (Wildman–Crippen MR) is 55.7 cm³/mol. The fraction of sp³-hybridized carbons (Fsp3) is 0.417. The molecule has 1 N–H and O–H groups in total. The van der Waals surface area contributed by atoms with Crippen molar-refractivity contribution in [1.29, 1.82) is 5.26 Å². The van der Waals surface area contributed by atoms with Crippen LogP contribution in [-0.4, -0.2) is 6.04 Å². The summed E-state index contributed by atoms with van der Waals surface area (Å²) >= 11 is 0. The van der Waals surface area contributed by atoms with Crippen molar-refractivity contribution in [2.24, 2.45) is 0 Å². The summed E-state index contributed by atoms with van der Waals surface area (Å²) in [6.45, 7) is 2.06. The molecule has 1 aliphatic carbocycles. The summed E-state index contributed by atoms with van der Waals surface area (Å²) in [5.74, 6) is 0. The lowest BCUT2D eigenvalue weighted by Crippen LogP contribution is -2.36. The Balaban J connectivity index is 1.96. The highest BCUT2D eigenvalue weighted by Gasteiger charge is 2.25. The van der Waals surface area contributed by atoms with Crippen LogP contribution < -0.4 is 5.32 Å². The quantitative estimate of drug-likeness (QED) is 0.785. The molecule has 0 radical (unpaired) electrons. The standard InChI is InChI=1S/C12H14N2/c1-9(6-7-13)14-12-8-10-4-2-3-5-11(10)12/h2-5,9,12,14H,6,8H2,1H3. The van der Waals surface area contributed by atoms with Crippen molar-refractivity contribution in [3.05, 3.63) is 35.4 Å². The third kappa shape index (κ3) is 1.64. The molecule has 0 saturated carbocycles. The molecule has 0 aromatic heterocycles. The van der Waals surface area contributed by atoms with Crippen LogP contribution in [0.4, 0.5) is 0 Å². The van der Waals surface area contributed by atoms with Crippen molar-refractivity contribution in [2.45, 2.75) is 31.8 Å². The minimum absolute atomic E-state index is 0.290. The Morgan fingerprint density at radius 2 is 2.36 bits per heavy atom. The molecule has 2 atom stereocenters. The van der Waals surface area contributed by atoms with Gasteiger partial charge in [-0.05, 0) is 24.5 Å². The summed E-state index contributed by atoms with van der Waals surface area (Å²) in [5.41, 5.74) is 2.84. The first kappa shape index (κ1) is 9.23. The molecule has 2 heteroatoms. The first-order chi connectivity index (χ1) is 6.81. The monoisotopic (exact) mass is 186 g/mol. The van der Waals surface area contributed by atoms with Crippen LogP contribution in [0.3, 0.4) is 0 Å². The van der Waals surface area contributed by atoms with E-state index in [1.165, 1.54) is 11.1 Å². The summed E-state index contributed by atoms with van der Waals surface area (Å²) in [5, 5.41) is 12.0. The van der Waals surface area contributed by atoms with Gasteiger partial charge in [-0.3, -0.25) is 0 Å². The Bertz CT molecular complexity index is 365. The van der Waals surface area contributed by atoms with Crippen molar-refractivity contribution >= 4 is 0 Å². The Morgan fingerprint density at radius 3 is 3.07 bits per heavy atom. The molecule has 2 nitrogen and oxygen atoms in total. The largest absolute Gasteiger partial charge is 0.306 e. The maximum absolute atomic E-state index is 8.55. The maximum atomic E-state index is 8.55. The summed E-state index contributed by atoms with van der Waals surface area (Å²) in [6.07, 6.45) is 1.69. The summed E-state index contributed by atoms with van der Waals surface area (Å²) in [7, 11) is 0. The van der Waals surface area contributed by atoms with E-state index in [0.29, 0.717) is 18.5 Å². The molecule has 0 fully saturated rings. The highest BCUT2D eigenvalue weighted by molar-refractivity contribution is 5.39. The maximum Gasteiger partial charge on any atom is 0.0638 e. The molecule has 72 valence electrons. The van der Waals surface area contributed by atoms with Gasteiger partial charge in [-0.2, -0.15) is 5.26 Å². The van der Waals surface area contributed by atoms with E-state index < -0.39 is 0 Å². The van der Waals surface area contributed by atoms with Crippen LogP contribution in [0, 0.1) is 11.3 Å². The van der Waals surface area contributed by atoms with Crippen LogP contribution in [0.1, 0.15) is 30.5 Å². The number of benzene rings is 1. The summed E-state index contributed by atoms with van der Waals surface area (Å²) in [6, 6.07) is 11.4. The van der Waals surface area contributed by atoms with Gasteiger partial charge in [0.15, 0.2) is 0 Å². The highest BCUT2D eigenvalue weighted by Crippen LogP contribution is 2.32. The van der Waals surface area contributed by atoms with Crippen molar-refractivity contribution < 1.29 is 0 Å². The molecule has 1 aromatic carbocycles. The number of rotatable bonds is 3.